The zero-order valence-electron chi connectivity index (χ0n) is 16.8. The Kier molecular flexibility index (Phi) is 5.18. The summed E-state index contributed by atoms with van der Waals surface area (Å²) < 4.78 is 11.7. The lowest BCUT2D eigenvalue weighted by Crippen LogP contribution is -2.42. The van der Waals surface area contributed by atoms with E-state index in [0.29, 0.717) is 5.75 Å². The zero-order valence-corrected chi connectivity index (χ0v) is 16.8. The van der Waals surface area contributed by atoms with E-state index in [1.54, 1.807) is 0 Å². The molecule has 1 N–H and O–H groups in total. The van der Waals surface area contributed by atoms with Crippen molar-refractivity contribution < 1.29 is 14.3 Å². The van der Waals surface area contributed by atoms with Crippen molar-refractivity contribution >= 4 is 5.91 Å². The molecular weight excluding hydrogens is 338 g/mol. The number of carbonyl (C=O) groups is 1. The van der Waals surface area contributed by atoms with E-state index in [4.69, 9.17) is 9.47 Å². The number of fused-ring (bicyclic) bond motifs is 1. The van der Waals surface area contributed by atoms with E-state index in [1.807, 2.05) is 62.4 Å². The second kappa shape index (κ2) is 7.26. The van der Waals surface area contributed by atoms with Gasteiger partial charge in [-0.25, -0.2) is 0 Å². The Hall–Kier alpha value is -2.49. The number of carbonyl (C=O) groups excluding carboxylic acids is 1. The molecule has 1 aliphatic rings. The average Bonchev–Trinajstić information content (AvgIpc) is 2.58. The van der Waals surface area contributed by atoms with Gasteiger partial charge in [-0.1, -0.05) is 51.1 Å². The van der Waals surface area contributed by atoms with Crippen molar-refractivity contribution in [3.63, 3.8) is 0 Å². The standard InChI is InChI=1S/C23H29NO3/c1-22(2,3)16-10-12-17(13-11-16)26-15-21(25)24-19-14-23(4,5)27-20-9-7-6-8-18(19)20/h6-13,19H,14-15H2,1-5H3,(H,24,25)/t19-/m1/s1. The third kappa shape index (κ3) is 4.82. The van der Waals surface area contributed by atoms with Crippen LogP contribution in [0.3, 0.4) is 0 Å². The lowest BCUT2D eigenvalue weighted by molar-refractivity contribution is -0.124. The van der Waals surface area contributed by atoms with Crippen LogP contribution in [0.1, 0.15) is 58.2 Å². The summed E-state index contributed by atoms with van der Waals surface area (Å²) >= 11 is 0. The van der Waals surface area contributed by atoms with Gasteiger partial charge in [-0.05, 0) is 43.0 Å². The number of ether oxygens (including phenoxy) is 2. The number of para-hydroxylation sites is 1. The number of benzene rings is 2. The number of rotatable bonds is 4. The summed E-state index contributed by atoms with van der Waals surface area (Å²) in [6.45, 7) is 10.6. The van der Waals surface area contributed by atoms with E-state index < -0.39 is 0 Å². The minimum absolute atomic E-state index is 0.00514. The Balaban J connectivity index is 1.61. The van der Waals surface area contributed by atoms with Crippen molar-refractivity contribution in [3.05, 3.63) is 59.7 Å². The minimum Gasteiger partial charge on any atom is -0.487 e. The van der Waals surface area contributed by atoms with Crippen molar-refractivity contribution in [2.75, 3.05) is 6.61 Å². The first kappa shape index (κ1) is 19.3. The van der Waals surface area contributed by atoms with Crippen LogP contribution in [0, 0.1) is 0 Å². The summed E-state index contributed by atoms with van der Waals surface area (Å²) in [6.07, 6.45) is 0.718. The Bertz CT molecular complexity index is 803. The average molecular weight is 367 g/mol. The number of hydrogen-bond acceptors (Lipinski definition) is 3. The SMILES string of the molecule is CC1(C)C[C@@H](NC(=O)COc2ccc(C(C)(C)C)cc2)c2ccccc2O1. The Morgan fingerprint density at radius 1 is 1.15 bits per heavy atom. The van der Waals surface area contributed by atoms with Gasteiger partial charge in [0.15, 0.2) is 6.61 Å². The molecule has 1 atom stereocenters. The lowest BCUT2D eigenvalue weighted by Gasteiger charge is -2.37. The van der Waals surface area contributed by atoms with Gasteiger partial charge in [0.05, 0.1) is 6.04 Å². The molecule has 3 rings (SSSR count). The van der Waals surface area contributed by atoms with E-state index >= 15 is 0 Å². The normalized spacial score (nSPS) is 18.2. The van der Waals surface area contributed by atoms with Gasteiger partial charge in [0.25, 0.3) is 5.91 Å². The topological polar surface area (TPSA) is 47.6 Å². The summed E-state index contributed by atoms with van der Waals surface area (Å²) in [6, 6.07) is 15.7. The number of hydrogen-bond donors (Lipinski definition) is 1. The monoisotopic (exact) mass is 367 g/mol. The zero-order chi connectivity index (χ0) is 19.7. The highest BCUT2D eigenvalue weighted by Crippen LogP contribution is 2.39. The van der Waals surface area contributed by atoms with Gasteiger partial charge < -0.3 is 14.8 Å². The second-order valence-electron chi connectivity index (χ2n) is 8.79. The maximum atomic E-state index is 12.5. The molecule has 1 amide bonds. The molecule has 0 saturated heterocycles. The summed E-state index contributed by atoms with van der Waals surface area (Å²) in [5.74, 6) is 1.40. The van der Waals surface area contributed by atoms with Gasteiger partial charge in [-0.3, -0.25) is 4.79 Å². The van der Waals surface area contributed by atoms with Crippen molar-refractivity contribution in [2.24, 2.45) is 0 Å². The Labute approximate surface area is 161 Å². The molecule has 0 aromatic heterocycles. The van der Waals surface area contributed by atoms with E-state index in [-0.39, 0.29) is 29.6 Å². The molecule has 0 aliphatic carbocycles. The van der Waals surface area contributed by atoms with E-state index in [9.17, 15) is 4.79 Å². The third-order valence-corrected chi connectivity index (χ3v) is 4.80. The molecule has 0 fully saturated rings. The largest absolute Gasteiger partial charge is 0.487 e. The van der Waals surface area contributed by atoms with Crippen LogP contribution in [0.25, 0.3) is 0 Å². The Morgan fingerprint density at radius 2 is 1.81 bits per heavy atom. The first-order valence-electron chi connectivity index (χ1n) is 9.45. The van der Waals surface area contributed by atoms with Crippen LogP contribution in [-0.2, 0) is 10.2 Å². The molecule has 1 heterocycles. The first-order valence-corrected chi connectivity index (χ1v) is 9.45. The van der Waals surface area contributed by atoms with Crippen molar-refractivity contribution in [1.82, 2.24) is 5.32 Å². The van der Waals surface area contributed by atoms with E-state index in [1.165, 1.54) is 5.56 Å². The molecule has 2 aromatic carbocycles. The van der Waals surface area contributed by atoms with Gasteiger partial charge in [0.1, 0.15) is 17.1 Å². The molecule has 4 nitrogen and oxygen atoms in total. The summed E-state index contributed by atoms with van der Waals surface area (Å²) in [5, 5.41) is 3.09. The van der Waals surface area contributed by atoms with Crippen LogP contribution in [0.5, 0.6) is 11.5 Å². The fourth-order valence-corrected chi connectivity index (χ4v) is 3.37. The molecule has 0 radical (unpaired) electrons. The maximum absolute atomic E-state index is 12.5. The van der Waals surface area contributed by atoms with Gasteiger partial charge in [-0.15, -0.1) is 0 Å². The highest BCUT2D eigenvalue weighted by Gasteiger charge is 2.34. The molecule has 27 heavy (non-hydrogen) atoms. The molecule has 4 heteroatoms. The van der Waals surface area contributed by atoms with Crippen LogP contribution >= 0.6 is 0 Å². The minimum atomic E-state index is -0.323. The Morgan fingerprint density at radius 3 is 2.48 bits per heavy atom. The summed E-state index contributed by atoms with van der Waals surface area (Å²) in [7, 11) is 0. The molecular formula is C23H29NO3. The second-order valence-corrected chi connectivity index (χ2v) is 8.79. The van der Waals surface area contributed by atoms with Gasteiger partial charge in [-0.2, -0.15) is 0 Å². The highest BCUT2D eigenvalue weighted by molar-refractivity contribution is 5.78. The van der Waals surface area contributed by atoms with Gasteiger partial charge >= 0.3 is 0 Å². The van der Waals surface area contributed by atoms with Crippen LogP contribution < -0.4 is 14.8 Å². The van der Waals surface area contributed by atoms with Crippen LogP contribution in [0.15, 0.2) is 48.5 Å². The van der Waals surface area contributed by atoms with Crippen molar-refractivity contribution in [1.29, 1.82) is 0 Å². The predicted molar refractivity (Wildman–Crippen MR) is 107 cm³/mol. The van der Waals surface area contributed by atoms with Gasteiger partial charge in [0, 0.05) is 12.0 Å². The fourth-order valence-electron chi connectivity index (χ4n) is 3.37. The molecule has 0 unspecified atom stereocenters. The van der Waals surface area contributed by atoms with Crippen molar-refractivity contribution in [2.45, 2.75) is 58.1 Å². The van der Waals surface area contributed by atoms with E-state index in [2.05, 4.69) is 26.1 Å². The lowest BCUT2D eigenvalue weighted by atomic mass is 9.87. The van der Waals surface area contributed by atoms with Crippen LogP contribution in [0.4, 0.5) is 0 Å². The van der Waals surface area contributed by atoms with Crippen molar-refractivity contribution in [3.8, 4) is 11.5 Å². The predicted octanol–water partition coefficient (Wildman–Crippen LogP) is 4.78. The molecule has 0 spiro atoms. The molecule has 0 bridgehead atoms. The van der Waals surface area contributed by atoms with Gasteiger partial charge in [0.2, 0.25) is 0 Å². The smallest absolute Gasteiger partial charge is 0.258 e. The summed E-state index contributed by atoms with van der Waals surface area (Å²) in [5.41, 5.74) is 2.02. The first-order chi connectivity index (χ1) is 12.6. The summed E-state index contributed by atoms with van der Waals surface area (Å²) in [4.78, 5) is 12.5. The van der Waals surface area contributed by atoms with Crippen LogP contribution in [0.2, 0.25) is 0 Å². The molecule has 0 saturated carbocycles. The van der Waals surface area contributed by atoms with Crippen LogP contribution in [-0.4, -0.2) is 18.1 Å². The fraction of sp³-hybridized carbons (Fsp3) is 0.435. The highest BCUT2D eigenvalue weighted by atomic mass is 16.5. The molecule has 1 aliphatic heterocycles. The third-order valence-electron chi connectivity index (χ3n) is 4.80. The molecule has 2 aromatic rings. The quantitative estimate of drug-likeness (QED) is 0.846. The van der Waals surface area contributed by atoms with E-state index in [0.717, 1.165) is 17.7 Å². The maximum Gasteiger partial charge on any atom is 0.258 e. The number of nitrogens with one attached hydrogen (secondary N) is 1. The number of amides is 1. The molecule has 144 valence electrons.